The van der Waals surface area contributed by atoms with Crippen molar-refractivity contribution < 1.29 is 14.3 Å². The Morgan fingerprint density at radius 2 is 1.82 bits per heavy atom. The maximum absolute atomic E-state index is 11.8. The second-order valence-electron chi connectivity index (χ2n) is 3.49. The van der Waals surface area contributed by atoms with Crippen molar-refractivity contribution >= 4 is 23.2 Å². The maximum Gasteiger partial charge on any atom is 0.338 e. The van der Waals surface area contributed by atoms with Gasteiger partial charge in [0.1, 0.15) is 0 Å². The van der Waals surface area contributed by atoms with Crippen LogP contribution in [0.1, 0.15) is 35.3 Å². The first-order valence-corrected chi connectivity index (χ1v) is 5.95. The van der Waals surface area contributed by atoms with E-state index in [2.05, 4.69) is 0 Å². The molecule has 4 heteroatoms. The topological polar surface area (TPSA) is 35.5 Å². The molecule has 0 aliphatic heterocycles. The van der Waals surface area contributed by atoms with Gasteiger partial charge in [-0.3, -0.25) is 0 Å². The lowest BCUT2D eigenvalue weighted by molar-refractivity contribution is 0.0525. The minimum Gasteiger partial charge on any atom is -0.483 e. The fourth-order valence-corrected chi connectivity index (χ4v) is 1.72. The van der Waals surface area contributed by atoms with Crippen molar-refractivity contribution in [2.45, 2.75) is 20.8 Å². The molecule has 0 aliphatic rings. The van der Waals surface area contributed by atoms with Gasteiger partial charge in [0.25, 0.3) is 0 Å². The number of aryl methyl sites for hydroxylation is 1. The number of carbonyl (C=O) groups is 1. The first-order valence-electron chi connectivity index (χ1n) is 5.55. The minimum absolute atomic E-state index is 0.329. The van der Waals surface area contributed by atoms with Crippen molar-refractivity contribution in [1.82, 2.24) is 0 Å². The second-order valence-corrected chi connectivity index (χ2v) is 3.86. The predicted molar refractivity (Wildman–Crippen MR) is 70.5 cm³/mol. The van der Waals surface area contributed by atoms with E-state index < -0.39 is 0 Å². The molecule has 1 rings (SSSR count). The van der Waals surface area contributed by atoms with Gasteiger partial charge in [0.05, 0.1) is 18.8 Å². The Labute approximate surface area is 107 Å². The lowest BCUT2D eigenvalue weighted by atomic mass is 10.1. The van der Waals surface area contributed by atoms with E-state index in [1.807, 2.05) is 19.9 Å². The van der Waals surface area contributed by atoms with Gasteiger partial charge >= 0.3 is 5.97 Å². The molecule has 0 unspecified atom stereocenters. The van der Waals surface area contributed by atoms with Crippen LogP contribution in [0.4, 0.5) is 0 Å². The average molecular weight is 252 g/mol. The first-order chi connectivity index (χ1) is 8.10. The molecule has 92 valence electrons. The van der Waals surface area contributed by atoms with E-state index in [4.69, 9.17) is 21.7 Å². The summed E-state index contributed by atoms with van der Waals surface area (Å²) >= 11 is 5.12. The largest absolute Gasteiger partial charge is 0.483 e. The molecule has 0 aliphatic carbocycles. The Hall–Kier alpha value is -1.42. The molecule has 1 aromatic carbocycles. The third-order valence-corrected chi connectivity index (χ3v) is 2.50. The van der Waals surface area contributed by atoms with Crippen LogP contribution in [0, 0.1) is 6.92 Å². The van der Waals surface area contributed by atoms with Crippen molar-refractivity contribution in [3.05, 3.63) is 34.9 Å². The molecule has 3 nitrogen and oxygen atoms in total. The molecule has 0 fully saturated rings. The molecule has 0 bridgehead atoms. The number of carbonyl (C=O) groups excluding carboxylic acids is 1. The van der Waals surface area contributed by atoms with Crippen molar-refractivity contribution in [1.29, 1.82) is 0 Å². The minimum atomic E-state index is -0.367. The molecule has 0 radical (unpaired) electrons. The second kappa shape index (κ2) is 6.35. The molecule has 0 spiro atoms. The summed E-state index contributed by atoms with van der Waals surface area (Å²) in [7, 11) is 0. The normalized spacial score (nSPS) is 9.82. The third kappa shape index (κ3) is 3.53. The number of hydrogen-bond acceptors (Lipinski definition) is 4. The molecule has 0 aromatic heterocycles. The van der Waals surface area contributed by atoms with Crippen molar-refractivity contribution in [2.24, 2.45) is 0 Å². The van der Waals surface area contributed by atoms with Gasteiger partial charge in [-0.2, -0.15) is 0 Å². The number of benzene rings is 1. The highest BCUT2D eigenvalue weighted by Gasteiger charge is 2.16. The van der Waals surface area contributed by atoms with E-state index in [1.165, 1.54) is 0 Å². The van der Waals surface area contributed by atoms with Gasteiger partial charge < -0.3 is 9.47 Å². The van der Waals surface area contributed by atoms with Gasteiger partial charge in [-0.15, -0.1) is 0 Å². The zero-order valence-electron chi connectivity index (χ0n) is 10.3. The molecule has 0 saturated carbocycles. The van der Waals surface area contributed by atoms with Crippen LogP contribution in [0.15, 0.2) is 18.2 Å². The highest BCUT2D eigenvalue weighted by molar-refractivity contribution is 7.80. The Kier molecular flexibility index (Phi) is 5.10. The number of hydrogen-bond donors (Lipinski definition) is 0. The van der Waals surface area contributed by atoms with E-state index in [1.54, 1.807) is 19.1 Å². The monoisotopic (exact) mass is 252 g/mol. The molecule has 0 amide bonds. The van der Waals surface area contributed by atoms with E-state index in [9.17, 15) is 4.79 Å². The summed E-state index contributed by atoms with van der Waals surface area (Å²) in [6.07, 6.45) is 0. The van der Waals surface area contributed by atoms with Gasteiger partial charge in [-0.25, -0.2) is 4.79 Å². The van der Waals surface area contributed by atoms with Gasteiger partial charge in [0, 0.05) is 5.56 Å². The van der Waals surface area contributed by atoms with Crippen molar-refractivity contribution in [2.75, 3.05) is 13.2 Å². The van der Waals surface area contributed by atoms with Gasteiger partial charge in [-0.05, 0) is 45.1 Å². The van der Waals surface area contributed by atoms with E-state index in [0.717, 1.165) is 5.56 Å². The van der Waals surface area contributed by atoms with Crippen LogP contribution in [-0.4, -0.2) is 24.2 Å². The summed E-state index contributed by atoms with van der Waals surface area (Å²) in [6.45, 7) is 6.36. The van der Waals surface area contributed by atoms with Gasteiger partial charge in [0.15, 0.2) is 5.05 Å². The molecule has 0 heterocycles. The first kappa shape index (κ1) is 13.6. The van der Waals surface area contributed by atoms with E-state index in [0.29, 0.717) is 29.4 Å². The lowest BCUT2D eigenvalue weighted by Crippen LogP contribution is -2.13. The van der Waals surface area contributed by atoms with Crippen LogP contribution in [-0.2, 0) is 9.47 Å². The highest BCUT2D eigenvalue weighted by atomic mass is 32.1. The molecule has 0 atom stereocenters. The zero-order valence-corrected chi connectivity index (χ0v) is 11.1. The number of rotatable bonds is 4. The summed E-state index contributed by atoms with van der Waals surface area (Å²) in [5.41, 5.74) is 2.06. The van der Waals surface area contributed by atoms with Crippen LogP contribution in [0.5, 0.6) is 0 Å². The highest BCUT2D eigenvalue weighted by Crippen LogP contribution is 2.15. The Morgan fingerprint density at radius 1 is 1.18 bits per heavy atom. The molecular formula is C13H16O3S. The summed E-state index contributed by atoms with van der Waals surface area (Å²) < 4.78 is 10.3. The summed E-state index contributed by atoms with van der Waals surface area (Å²) in [5, 5.41) is 0.329. The predicted octanol–water partition coefficient (Wildman–Crippen LogP) is 2.88. The molecule has 0 saturated heterocycles. The van der Waals surface area contributed by atoms with Crippen LogP contribution in [0.2, 0.25) is 0 Å². The lowest BCUT2D eigenvalue weighted by Gasteiger charge is -2.11. The SMILES string of the molecule is CCOC(=O)c1cc(C)ccc1C(=S)OCC. The Morgan fingerprint density at radius 3 is 2.41 bits per heavy atom. The number of ether oxygens (including phenoxy) is 2. The van der Waals surface area contributed by atoms with Gasteiger partial charge in [0.2, 0.25) is 0 Å². The van der Waals surface area contributed by atoms with Crippen molar-refractivity contribution in [3.8, 4) is 0 Å². The fourth-order valence-electron chi connectivity index (χ4n) is 1.42. The number of thiocarbonyl (C=S) groups is 1. The van der Waals surface area contributed by atoms with Crippen LogP contribution < -0.4 is 0 Å². The molecule has 1 aromatic rings. The molecule has 0 N–H and O–H groups in total. The summed E-state index contributed by atoms with van der Waals surface area (Å²) in [4.78, 5) is 11.8. The smallest absolute Gasteiger partial charge is 0.338 e. The average Bonchev–Trinajstić information content (AvgIpc) is 2.29. The van der Waals surface area contributed by atoms with Gasteiger partial charge in [-0.1, -0.05) is 11.6 Å². The number of esters is 1. The fraction of sp³-hybridized carbons (Fsp3) is 0.385. The third-order valence-electron chi connectivity index (χ3n) is 2.17. The zero-order chi connectivity index (χ0) is 12.8. The summed E-state index contributed by atoms with van der Waals surface area (Å²) in [5.74, 6) is -0.367. The van der Waals surface area contributed by atoms with Crippen molar-refractivity contribution in [3.63, 3.8) is 0 Å². The van der Waals surface area contributed by atoms with Crippen LogP contribution in [0.3, 0.4) is 0 Å². The molecular weight excluding hydrogens is 236 g/mol. The summed E-state index contributed by atoms with van der Waals surface area (Å²) in [6, 6.07) is 5.45. The van der Waals surface area contributed by atoms with Crippen LogP contribution in [0.25, 0.3) is 0 Å². The Balaban J connectivity index is 3.11. The maximum atomic E-state index is 11.8. The standard InChI is InChI=1S/C13H16O3S/c1-4-15-12(14)11-8-9(3)6-7-10(11)13(17)16-5-2/h6-8H,4-5H2,1-3H3. The quantitative estimate of drug-likeness (QED) is 0.609. The van der Waals surface area contributed by atoms with Crippen LogP contribution >= 0.6 is 12.2 Å². The van der Waals surface area contributed by atoms with E-state index in [-0.39, 0.29) is 5.97 Å². The molecule has 17 heavy (non-hydrogen) atoms. The van der Waals surface area contributed by atoms with E-state index >= 15 is 0 Å². The Bertz CT molecular complexity index is 427.